The molecule has 5 heteroatoms. The van der Waals surface area contributed by atoms with Crippen LogP contribution in [0.3, 0.4) is 0 Å². The molecule has 0 aliphatic heterocycles. The molecule has 1 heterocycles. The zero-order chi connectivity index (χ0) is 15.0. The number of carboxylic acids is 1. The molecule has 1 N–H and O–H groups in total. The van der Waals surface area contributed by atoms with Crippen LogP contribution in [0.25, 0.3) is 11.0 Å². The Labute approximate surface area is 120 Å². The zero-order valence-electron chi connectivity index (χ0n) is 11.5. The Morgan fingerprint density at radius 1 is 1.05 bits per heavy atom. The highest BCUT2D eigenvalue weighted by Crippen LogP contribution is 2.14. The number of para-hydroxylation sites is 2. The fraction of sp³-hybridized carbons (Fsp3) is 0.125. The molecule has 0 saturated heterocycles. The molecule has 3 aromatic rings. The monoisotopic (exact) mass is 282 g/mol. The van der Waals surface area contributed by atoms with Crippen molar-refractivity contribution in [3.63, 3.8) is 0 Å². The SMILES string of the molecule is Cn1c(=O)n(Cc2ccc(C(=O)O)cc2)c2ccccc21. The lowest BCUT2D eigenvalue weighted by Crippen LogP contribution is -2.22. The maximum atomic E-state index is 12.3. The average molecular weight is 282 g/mol. The molecular formula is C16H14N2O3. The number of imidazole rings is 1. The number of nitrogens with zero attached hydrogens (tertiary/aromatic N) is 2. The van der Waals surface area contributed by atoms with Gasteiger partial charge in [0, 0.05) is 7.05 Å². The molecule has 0 spiro atoms. The van der Waals surface area contributed by atoms with Crippen LogP contribution in [0.5, 0.6) is 0 Å². The molecule has 1 aromatic heterocycles. The third-order valence-corrected chi connectivity index (χ3v) is 3.59. The molecule has 5 nitrogen and oxygen atoms in total. The molecule has 106 valence electrons. The summed E-state index contributed by atoms with van der Waals surface area (Å²) in [5.41, 5.74) is 2.79. The topological polar surface area (TPSA) is 64.2 Å². The first kappa shape index (κ1) is 13.2. The summed E-state index contributed by atoms with van der Waals surface area (Å²) in [6.07, 6.45) is 0. The van der Waals surface area contributed by atoms with Crippen LogP contribution >= 0.6 is 0 Å². The summed E-state index contributed by atoms with van der Waals surface area (Å²) in [6, 6.07) is 14.2. The largest absolute Gasteiger partial charge is 0.478 e. The Morgan fingerprint density at radius 3 is 2.29 bits per heavy atom. The van der Waals surface area contributed by atoms with Gasteiger partial charge >= 0.3 is 11.7 Å². The molecule has 0 fully saturated rings. The number of hydrogen-bond donors (Lipinski definition) is 1. The number of benzene rings is 2. The van der Waals surface area contributed by atoms with E-state index in [-0.39, 0.29) is 11.3 Å². The van der Waals surface area contributed by atoms with Crippen LogP contribution in [0.15, 0.2) is 53.3 Å². The van der Waals surface area contributed by atoms with Crippen LogP contribution < -0.4 is 5.69 Å². The van der Waals surface area contributed by atoms with Gasteiger partial charge in [0.05, 0.1) is 23.1 Å². The second kappa shape index (κ2) is 4.94. The summed E-state index contributed by atoms with van der Waals surface area (Å²) in [6.45, 7) is 0.417. The summed E-state index contributed by atoms with van der Waals surface area (Å²) in [4.78, 5) is 23.1. The first-order chi connectivity index (χ1) is 10.1. The highest BCUT2D eigenvalue weighted by atomic mass is 16.4. The number of rotatable bonds is 3. The van der Waals surface area contributed by atoms with Crippen molar-refractivity contribution in [1.82, 2.24) is 9.13 Å². The van der Waals surface area contributed by atoms with E-state index in [2.05, 4.69) is 0 Å². The van der Waals surface area contributed by atoms with Crippen molar-refractivity contribution in [2.75, 3.05) is 0 Å². The van der Waals surface area contributed by atoms with Crippen LogP contribution in [0.4, 0.5) is 0 Å². The first-order valence-electron chi connectivity index (χ1n) is 6.54. The number of fused-ring (bicyclic) bond motifs is 1. The van der Waals surface area contributed by atoms with E-state index in [4.69, 9.17) is 5.11 Å². The van der Waals surface area contributed by atoms with Gasteiger partial charge in [-0.25, -0.2) is 9.59 Å². The number of hydrogen-bond acceptors (Lipinski definition) is 2. The normalized spacial score (nSPS) is 10.9. The third kappa shape index (κ3) is 2.23. The van der Waals surface area contributed by atoms with Gasteiger partial charge in [0.1, 0.15) is 0 Å². The Morgan fingerprint density at radius 2 is 1.67 bits per heavy atom. The van der Waals surface area contributed by atoms with Crippen LogP contribution in [0, 0.1) is 0 Å². The summed E-state index contributed by atoms with van der Waals surface area (Å²) >= 11 is 0. The molecule has 0 unspecified atom stereocenters. The van der Waals surface area contributed by atoms with Gasteiger partial charge in [-0.05, 0) is 29.8 Å². The number of aromatic nitrogens is 2. The predicted molar refractivity (Wildman–Crippen MR) is 79.7 cm³/mol. The maximum absolute atomic E-state index is 12.3. The third-order valence-electron chi connectivity index (χ3n) is 3.59. The van der Waals surface area contributed by atoms with Gasteiger partial charge in [-0.2, -0.15) is 0 Å². The van der Waals surface area contributed by atoms with Gasteiger partial charge in [-0.3, -0.25) is 9.13 Å². The molecule has 0 aliphatic rings. The summed E-state index contributed by atoms with van der Waals surface area (Å²) in [5, 5.41) is 8.90. The first-order valence-corrected chi connectivity index (χ1v) is 6.54. The molecule has 0 aliphatic carbocycles. The van der Waals surface area contributed by atoms with Gasteiger partial charge in [0.15, 0.2) is 0 Å². The lowest BCUT2D eigenvalue weighted by atomic mass is 10.1. The Balaban J connectivity index is 2.04. The van der Waals surface area contributed by atoms with Crippen molar-refractivity contribution in [3.8, 4) is 0 Å². The van der Waals surface area contributed by atoms with Crippen molar-refractivity contribution >= 4 is 17.0 Å². The predicted octanol–water partition coefficient (Wildman–Crippen LogP) is 2.09. The molecular weight excluding hydrogens is 268 g/mol. The number of carbonyl (C=O) groups is 1. The minimum atomic E-state index is -0.955. The smallest absolute Gasteiger partial charge is 0.335 e. The van der Waals surface area contributed by atoms with Crippen LogP contribution in [-0.2, 0) is 13.6 Å². The van der Waals surface area contributed by atoms with Crippen LogP contribution in [-0.4, -0.2) is 20.2 Å². The summed E-state index contributed by atoms with van der Waals surface area (Å²) < 4.78 is 3.30. The lowest BCUT2D eigenvalue weighted by molar-refractivity contribution is 0.0697. The number of aryl methyl sites for hydroxylation is 1. The number of carboxylic acid groups (broad SMARTS) is 1. The average Bonchev–Trinajstić information content (AvgIpc) is 2.73. The fourth-order valence-corrected chi connectivity index (χ4v) is 2.45. The molecule has 0 saturated carbocycles. The van der Waals surface area contributed by atoms with Crippen molar-refractivity contribution in [3.05, 3.63) is 70.1 Å². The molecule has 3 rings (SSSR count). The van der Waals surface area contributed by atoms with E-state index in [9.17, 15) is 9.59 Å². The van der Waals surface area contributed by atoms with Gasteiger partial charge in [0.2, 0.25) is 0 Å². The molecule has 21 heavy (non-hydrogen) atoms. The van der Waals surface area contributed by atoms with Crippen molar-refractivity contribution < 1.29 is 9.90 Å². The molecule has 0 radical (unpaired) electrons. The lowest BCUT2D eigenvalue weighted by Gasteiger charge is -2.04. The van der Waals surface area contributed by atoms with Crippen LogP contribution in [0.2, 0.25) is 0 Å². The van der Waals surface area contributed by atoms with Crippen LogP contribution in [0.1, 0.15) is 15.9 Å². The quantitative estimate of drug-likeness (QED) is 0.800. The highest BCUT2D eigenvalue weighted by Gasteiger charge is 2.10. The zero-order valence-corrected chi connectivity index (χ0v) is 11.5. The minimum Gasteiger partial charge on any atom is -0.478 e. The van der Waals surface area contributed by atoms with Crippen molar-refractivity contribution in [2.24, 2.45) is 7.05 Å². The Kier molecular flexibility index (Phi) is 3.10. The fourth-order valence-electron chi connectivity index (χ4n) is 2.45. The second-order valence-electron chi connectivity index (χ2n) is 4.92. The molecule has 0 amide bonds. The standard InChI is InChI=1S/C16H14N2O3/c1-17-13-4-2-3-5-14(13)18(16(17)21)10-11-6-8-12(9-7-11)15(19)20/h2-9H,10H2,1H3,(H,19,20). The van der Waals surface area contributed by atoms with Gasteiger partial charge in [-0.15, -0.1) is 0 Å². The molecule has 0 atom stereocenters. The van der Waals surface area contributed by atoms with E-state index < -0.39 is 5.97 Å². The van der Waals surface area contributed by atoms with E-state index >= 15 is 0 Å². The highest BCUT2D eigenvalue weighted by molar-refractivity contribution is 5.87. The van der Waals surface area contributed by atoms with Gasteiger partial charge in [-0.1, -0.05) is 24.3 Å². The van der Waals surface area contributed by atoms with E-state index in [1.807, 2.05) is 24.3 Å². The number of aromatic carboxylic acids is 1. The Bertz CT molecular complexity index is 873. The van der Waals surface area contributed by atoms with E-state index in [0.717, 1.165) is 16.6 Å². The minimum absolute atomic E-state index is 0.0847. The second-order valence-corrected chi connectivity index (χ2v) is 4.92. The summed E-state index contributed by atoms with van der Waals surface area (Å²) in [7, 11) is 1.74. The van der Waals surface area contributed by atoms with E-state index in [0.29, 0.717) is 6.54 Å². The summed E-state index contributed by atoms with van der Waals surface area (Å²) in [5.74, 6) is -0.955. The van der Waals surface area contributed by atoms with Gasteiger partial charge in [0.25, 0.3) is 0 Å². The van der Waals surface area contributed by atoms with E-state index in [1.54, 1.807) is 40.4 Å². The van der Waals surface area contributed by atoms with Gasteiger partial charge < -0.3 is 5.11 Å². The van der Waals surface area contributed by atoms with Crippen molar-refractivity contribution in [1.29, 1.82) is 0 Å². The van der Waals surface area contributed by atoms with Crippen molar-refractivity contribution in [2.45, 2.75) is 6.54 Å². The van der Waals surface area contributed by atoms with E-state index in [1.165, 1.54) is 0 Å². The molecule has 0 bridgehead atoms. The Hall–Kier alpha value is -2.82. The maximum Gasteiger partial charge on any atom is 0.335 e. The molecule has 2 aromatic carbocycles.